The van der Waals surface area contributed by atoms with Crippen LogP contribution in [0.3, 0.4) is 0 Å². The predicted octanol–water partition coefficient (Wildman–Crippen LogP) is -1.74. The van der Waals surface area contributed by atoms with Crippen molar-refractivity contribution in [1.82, 2.24) is 10.3 Å². The third-order valence-electron chi connectivity index (χ3n) is 3.12. The fraction of sp³-hybridized carbons (Fsp3) is 0.500. The zero-order chi connectivity index (χ0) is 14.9. The number of pyridine rings is 1. The molecule has 1 aliphatic rings. The molecule has 4 atom stereocenters. The molecule has 23 heavy (non-hydrogen) atoms. The first-order valence-corrected chi connectivity index (χ1v) is 6.03. The molecule has 1 amide bonds. The van der Waals surface area contributed by atoms with E-state index in [1.807, 2.05) is 0 Å². The zero-order valence-electron chi connectivity index (χ0n) is 12.5. The number of nitrogens with zero attached hydrogens (tertiary/aromatic N) is 1. The van der Waals surface area contributed by atoms with E-state index in [9.17, 15) is 25.2 Å². The van der Waals surface area contributed by atoms with Crippen LogP contribution in [0.15, 0.2) is 12.3 Å². The quantitative estimate of drug-likeness (QED) is 0.238. The average molecular weight is 965 g/mol. The Kier molecular flexibility index (Phi) is 15.6. The second kappa shape index (κ2) is 12.9. The number of rotatable bonds is 2. The number of carbonyl (C=O) groups excluding carboxylic acids is 1. The summed E-state index contributed by atoms with van der Waals surface area (Å²) in [4.78, 5) is 15.7. The second-order valence-electron chi connectivity index (χ2n) is 4.60. The van der Waals surface area contributed by atoms with Crippen molar-refractivity contribution < 1.29 is 162 Å². The van der Waals surface area contributed by atoms with Crippen molar-refractivity contribution in [2.45, 2.75) is 31.5 Å². The van der Waals surface area contributed by atoms with E-state index in [2.05, 4.69) is 10.3 Å². The molecule has 11 heteroatoms. The van der Waals surface area contributed by atoms with Gasteiger partial charge in [0.1, 0.15) is 24.1 Å². The standard InChI is InChI=1S/C12H16N2O6.3Ac/c1-5-2-3-13-7(8(5)16)11(19)14-12-10(18)9(17)6(15)4-20-12;;;/h2-3,6,9-10,12,15-18H,4H2,1H3,(H,14,19);;;/t6-,9+,10-,12-;;;/m1.../s1. The summed E-state index contributed by atoms with van der Waals surface area (Å²) in [5.41, 5.74) is 0.270. The Balaban J connectivity index is 0. The first kappa shape index (κ1) is 27.8. The number of hydrogen-bond donors (Lipinski definition) is 5. The van der Waals surface area contributed by atoms with Gasteiger partial charge in [-0.05, 0) is 18.6 Å². The Bertz CT molecular complexity index is 522. The van der Waals surface area contributed by atoms with Crippen molar-refractivity contribution in [2.75, 3.05) is 6.61 Å². The number of aromatic nitrogens is 1. The first-order valence-electron chi connectivity index (χ1n) is 6.03. The average Bonchev–Trinajstić information content (AvgIpc) is 2.42. The summed E-state index contributed by atoms with van der Waals surface area (Å²) in [6.07, 6.45) is -3.95. The van der Waals surface area contributed by atoms with E-state index in [0.29, 0.717) is 5.56 Å². The van der Waals surface area contributed by atoms with Crippen LogP contribution in [0.5, 0.6) is 5.75 Å². The van der Waals surface area contributed by atoms with Crippen molar-refractivity contribution in [2.24, 2.45) is 0 Å². The van der Waals surface area contributed by atoms with Gasteiger partial charge in [-0.15, -0.1) is 0 Å². The molecule has 0 aliphatic carbocycles. The molecule has 5 N–H and O–H groups in total. The van der Waals surface area contributed by atoms with Crippen LogP contribution < -0.4 is 5.32 Å². The molecule has 119 valence electrons. The first-order chi connectivity index (χ1) is 9.41. The molecular weight excluding hydrogens is 949 g/mol. The maximum Gasteiger partial charge on any atom is 0.275 e. The van der Waals surface area contributed by atoms with E-state index in [-0.39, 0.29) is 150 Å². The second-order valence-corrected chi connectivity index (χ2v) is 4.60. The van der Waals surface area contributed by atoms with Gasteiger partial charge in [-0.3, -0.25) is 4.79 Å². The molecule has 1 aliphatic heterocycles. The number of nitrogens with one attached hydrogen (secondary N) is 1. The Labute approximate surface area is 240 Å². The van der Waals surface area contributed by atoms with Gasteiger partial charge in [0.25, 0.3) is 5.91 Å². The molecule has 0 unspecified atom stereocenters. The molecule has 0 aromatic carbocycles. The molecular formula is C12H16Ac3N2O6. The topological polar surface area (TPSA) is 132 Å². The van der Waals surface area contributed by atoms with E-state index in [0.717, 1.165) is 0 Å². The van der Waals surface area contributed by atoms with Crippen LogP contribution in [0.1, 0.15) is 16.1 Å². The fourth-order valence-corrected chi connectivity index (χ4v) is 1.85. The van der Waals surface area contributed by atoms with Gasteiger partial charge in [0.2, 0.25) is 0 Å². The van der Waals surface area contributed by atoms with Crippen molar-refractivity contribution in [3.05, 3.63) is 23.5 Å². The smallest absolute Gasteiger partial charge is 0.275 e. The summed E-state index contributed by atoms with van der Waals surface area (Å²) in [6, 6.07) is 1.54. The fourth-order valence-electron chi connectivity index (χ4n) is 1.85. The summed E-state index contributed by atoms with van der Waals surface area (Å²) >= 11 is 0. The molecule has 1 saturated heterocycles. The number of hydrogen-bond acceptors (Lipinski definition) is 7. The van der Waals surface area contributed by atoms with Crippen LogP contribution in [0, 0.1) is 139 Å². The van der Waals surface area contributed by atoms with Gasteiger partial charge in [-0.25, -0.2) is 4.98 Å². The van der Waals surface area contributed by atoms with Gasteiger partial charge >= 0.3 is 0 Å². The molecule has 1 aromatic heterocycles. The number of aromatic hydroxyl groups is 1. The van der Waals surface area contributed by atoms with Gasteiger partial charge in [-0.2, -0.15) is 0 Å². The van der Waals surface area contributed by atoms with Gasteiger partial charge in [0, 0.05) is 138 Å². The minimum atomic E-state index is -1.48. The number of ether oxygens (including phenoxy) is 1. The molecule has 8 nitrogen and oxygen atoms in total. The van der Waals surface area contributed by atoms with Crippen LogP contribution >= 0.6 is 0 Å². The number of aliphatic hydroxyl groups is 3. The van der Waals surface area contributed by atoms with Gasteiger partial charge in [0.05, 0.1) is 6.61 Å². The van der Waals surface area contributed by atoms with Crippen LogP contribution in [-0.4, -0.2) is 62.5 Å². The summed E-state index contributed by atoms with van der Waals surface area (Å²) < 4.78 is 5.03. The number of amides is 1. The Morgan fingerprint density at radius 3 is 2.48 bits per heavy atom. The van der Waals surface area contributed by atoms with Gasteiger partial charge < -0.3 is 30.5 Å². The van der Waals surface area contributed by atoms with Crippen LogP contribution in [0.25, 0.3) is 0 Å². The molecule has 1 aromatic rings. The third-order valence-corrected chi connectivity index (χ3v) is 3.12. The molecule has 2 heterocycles. The van der Waals surface area contributed by atoms with E-state index < -0.39 is 30.4 Å². The predicted molar refractivity (Wildman–Crippen MR) is 65.9 cm³/mol. The maximum absolute atomic E-state index is 12.0. The van der Waals surface area contributed by atoms with Crippen molar-refractivity contribution in [3.63, 3.8) is 0 Å². The van der Waals surface area contributed by atoms with Crippen molar-refractivity contribution >= 4 is 5.91 Å². The molecule has 0 bridgehead atoms. The van der Waals surface area contributed by atoms with E-state index >= 15 is 0 Å². The molecule has 0 saturated carbocycles. The largest absolute Gasteiger partial charge is 0.505 e. The van der Waals surface area contributed by atoms with E-state index in [1.54, 1.807) is 6.92 Å². The SMILES string of the molecule is Cc1ccnc(C(=O)N[C@@H]2OC[C@@H](O)[C@H](O)[C@H]2O)c1O.[Ac].[Ac].[Ac]. The van der Waals surface area contributed by atoms with Crippen molar-refractivity contribution in [3.8, 4) is 5.75 Å². The van der Waals surface area contributed by atoms with Crippen LogP contribution in [0.4, 0.5) is 0 Å². The molecule has 1 fully saturated rings. The van der Waals surface area contributed by atoms with Crippen LogP contribution in [0.2, 0.25) is 0 Å². The monoisotopic (exact) mass is 965 g/mol. The Morgan fingerprint density at radius 1 is 1.26 bits per heavy atom. The number of aryl methyl sites for hydroxylation is 1. The number of carbonyl (C=O) groups is 1. The minimum absolute atomic E-state index is 0. The van der Waals surface area contributed by atoms with E-state index in [1.165, 1.54) is 12.3 Å². The van der Waals surface area contributed by atoms with Gasteiger partial charge in [0.15, 0.2) is 11.9 Å². The Hall–Kier alpha value is 2.58. The Morgan fingerprint density at radius 2 is 1.87 bits per heavy atom. The van der Waals surface area contributed by atoms with Crippen molar-refractivity contribution in [1.29, 1.82) is 0 Å². The number of aliphatic hydroxyl groups excluding tert-OH is 3. The minimum Gasteiger partial charge on any atom is -0.505 e. The summed E-state index contributed by atoms with van der Waals surface area (Å²) in [5.74, 6) is -1.02. The summed E-state index contributed by atoms with van der Waals surface area (Å²) in [6.45, 7) is 1.39. The third kappa shape index (κ3) is 7.25. The molecule has 0 spiro atoms. The summed E-state index contributed by atoms with van der Waals surface area (Å²) in [5, 5.41) is 40.5. The molecule has 3 radical (unpaired) electrons. The molecule has 2 rings (SSSR count). The van der Waals surface area contributed by atoms with E-state index in [4.69, 9.17) is 4.74 Å². The summed E-state index contributed by atoms with van der Waals surface area (Å²) in [7, 11) is 0. The van der Waals surface area contributed by atoms with Gasteiger partial charge in [-0.1, -0.05) is 0 Å². The maximum atomic E-state index is 12.0. The zero-order valence-corrected chi connectivity index (χ0v) is 26.7. The normalized spacial score (nSPS) is 26.1. The van der Waals surface area contributed by atoms with Crippen LogP contribution in [-0.2, 0) is 4.74 Å².